The Hall–Kier alpha value is -2.83. The van der Waals surface area contributed by atoms with E-state index in [2.05, 4.69) is 27.3 Å². The largest absolute Gasteiger partial charge is 0.348 e. The molecule has 1 aliphatic carbocycles. The van der Waals surface area contributed by atoms with Crippen LogP contribution in [0.1, 0.15) is 80.4 Å². The standard InChI is InChI=1S/C27H37N5O2/c33-26(28-22-15-18-31(19-16-22)27(34)29-21-12-6-2-7-13-21)24-23-14-8-3-9-17-32(23)25(30-24)20-10-4-1-5-11-20/h1,4-5,10-11,21-22H,2-3,6-9,12-19H2,(H,28,33)(H,29,34). The van der Waals surface area contributed by atoms with Gasteiger partial charge in [0.2, 0.25) is 0 Å². The van der Waals surface area contributed by atoms with Gasteiger partial charge in [-0.3, -0.25) is 4.79 Å². The number of carbonyl (C=O) groups excluding carboxylic acids is 2. The lowest BCUT2D eigenvalue weighted by Crippen LogP contribution is -2.51. The lowest BCUT2D eigenvalue weighted by molar-refractivity contribution is 0.0911. The molecule has 0 atom stereocenters. The molecule has 3 heterocycles. The van der Waals surface area contributed by atoms with Crippen molar-refractivity contribution in [1.82, 2.24) is 25.1 Å². The molecule has 0 unspecified atom stereocenters. The number of piperidine rings is 1. The number of rotatable bonds is 4. The number of likely N-dealkylation sites (tertiary alicyclic amines) is 1. The Bertz CT molecular complexity index is 988. The Labute approximate surface area is 202 Å². The first-order valence-corrected chi connectivity index (χ1v) is 13.2. The van der Waals surface area contributed by atoms with Crippen molar-refractivity contribution >= 4 is 11.9 Å². The number of urea groups is 1. The predicted molar refractivity (Wildman–Crippen MR) is 133 cm³/mol. The highest BCUT2D eigenvalue weighted by Gasteiger charge is 2.29. The molecule has 7 heteroatoms. The SMILES string of the molecule is O=C(NC1CCN(C(=O)NC2CCCCC2)CC1)c1nc(-c2ccccc2)n2c1CCCCC2. The maximum Gasteiger partial charge on any atom is 0.317 e. The third kappa shape index (κ3) is 5.13. The van der Waals surface area contributed by atoms with Crippen molar-refractivity contribution in [2.24, 2.45) is 0 Å². The number of imidazole rings is 1. The summed E-state index contributed by atoms with van der Waals surface area (Å²) in [6.45, 7) is 2.27. The van der Waals surface area contributed by atoms with Crippen LogP contribution in [0.3, 0.4) is 0 Å². The monoisotopic (exact) mass is 463 g/mol. The van der Waals surface area contributed by atoms with Crippen molar-refractivity contribution in [3.8, 4) is 11.4 Å². The molecular formula is C27H37N5O2. The van der Waals surface area contributed by atoms with Gasteiger partial charge >= 0.3 is 6.03 Å². The molecule has 7 nitrogen and oxygen atoms in total. The van der Waals surface area contributed by atoms with Gasteiger partial charge in [-0.1, -0.05) is 56.0 Å². The van der Waals surface area contributed by atoms with Crippen LogP contribution in [0.25, 0.3) is 11.4 Å². The van der Waals surface area contributed by atoms with Crippen molar-refractivity contribution < 1.29 is 9.59 Å². The number of amides is 3. The smallest absolute Gasteiger partial charge is 0.317 e. The molecule has 1 aromatic carbocycles. The average molecular weight is 464 g/mol. The van der Waals surface area contributed by atoms with Gasteiger partial charge in [-0.25, -0.2) is 9.78 Å². The van der Waals surface area contributed by atoms with Crippen LogP contribution < -0.4 is 10.6 Å². The summed E-state index contributed by atoms with van der Waals surface area (Å²) in [7, 11) is 0. The minimum absolute atomic E-state index is 0.0589. The third-order valence-corrected chi connectivity index (χ3v) is 7.67. The fourth-order valence-corrected chi connectivity index (χ4v) is 5.70. The van der Waals surface area contributed by atoms with Crippen molar-refractivity contribution in [2.45, 2.75) is 89.3 Å². The van der Waals surface area contributed by atoms with Gasteiger partial charge in [0.15, 0.2) is 0 Å². The zero-order chi connectivity index (χ0) is 23.3. The normalized spacial score (nSPS) is 19.8. The van der Waals surface area contributed by atoms with Crippen LogP contribution in [0.5, 0.6) is 0 Å². The van der Waals surface area contributed by atoms with Gasteiger partial charge in [0, 0.05) is 37.3 Å². The molecule has 2 aliphatic heterocycles. The highest BCUT2D eigenvalue weighted by Crippen LogP contribution is 2.27. The summed E-state index contributed by atoms with van der Waals surface area (Å²) < 4.78 is 2.26. The molecule has 2 aromatic rings. The molecule has 3 aliphatic rings. The fraction of sp³-hybridized carbons (Fsp3) is 0.593. The lowest BCUT2D eigenvalue weighted by Gasteiger charge is -2.34. The van der Waals surface area contributed by atoms with Crippen LogP contribution in [-0.2, 0) is 13.0 Å². The quantitative estimate of drug-likeness (QED) is 0.700. The van der Waals surface area contributed by atoms with E-state index in [-0.39, 0.29) is 18.0 Å². The second-order valence-electron chi connectivity index (χ2n) is 10.1. The first-order chi connectivity index (χ1) is 16.7. The first-order valence-electron chi connectivity index (χ1n) is 13.2. The van der Waals surface area contributed by atoms with E-state index in [1.807, 2.05) is 23.1 Å². The summed E-state index contributed by atoms with van der Waals surface area (Å²) in [4.78, 5) is 32.8. The number of aromatic nitrogens is 2. The highest BCUT2D eigenvalue weighted by atomic mass is 16.2. The van der Waals surface area contributed by atoms with Crippen LogP contribution >= 0.6 is 0 Å². The molecule has 182 valence electrons. The second-order valence-corrected chi connectivity index (χ2v) is 10.1. The average Bonchev–Trinajstić information content (AvgIpc) is 3.06. The van der Waals surface area contributed by atoms with Gasteiger partial charge in [0.25, 0.3) is 5.91 Å². The minimum Gasteiger partial charge on any atom is -0.348 e. The molecule has 0 bridgehead atoms. The molecule has 0 spiro atoms. The number of benzene rings is 1. The van der Waals surface area contributed by atoms with E-state index in [1.165, 1.54) is 25.7 Å². The van der Waals surface area contributed by atoms with E-state index >= 15 is 0 Å². The number of hydrogen-bond donors (Lipinski definition) is 2. The maximum absolute atomic E-state index is 13.3. The highest BCUT2D eigenvalue weighted by molar-refractivity contribution is 5.94. The molecular weight excluding hydrogens is 426 g/mol. The van der Waals surface area contributed by atoms with Gasteiger partial charge in [0.1, 0.15) is 11.5 Å². The Kier molecular flexibility index (Phi) is 7.16. The molecule has 1 aromatic heterocycles. The number of nitrogens with zero attached hydrogens (tertiary/aromatic N) is 3. The van der Waals surface area contributed by atoms with E-state index < -0.39 is 0 Å². The van der Waals surface area contributed by atoms with Crippen molar-refractivity contribution in [1.29, 1.82) is 0 Å². The molecule has 2 fully saturated rings. The zero-order valence-corrected chi connectivity index (χ0v) is 20.1. The summed E-state index contributed by atoms with van der Waals surface area (Å²) >= 11 is 0. The first kappa shape index (κ1) is 22.9. The molecule has 5 rings (SSSR count). The number of hydrogen-bond acceptors (Lipinski definition) is 3. The molecule has 1 saturated carbocycles. The summed E-state index contributed by atoms with van der Waals surface area (Å²) in [6.07, 6.45) is 11.7. The van der Waals surface area contributed by atoms with E-state index in [0.717, 1.165) is 68.6 Å². The van der Waals surface area contributed by atoms with Crippen LogP contribution in [-0.4, -0.2) is 51.6 Å². The van der Waals surface area contributed by atoms with E-state index in [4.69, 9.17) is 4.98 Å². The maximum atomic E-state index is 13.3. The van der Waals surface area contributed by atoms with Crippen LogP contribution in [0.15, 0.2) is 30.3 Å². The van der Waals surface area contributed by atoms with E-state index in [1.54, 1.807) is 0 Å². The minimum atomic E-state index is -0.0714. The van der Waals surface area contributed by atoms with Crippen LogP contribution in [0.2, 0.25) is 0 Å². The predicted octanol–water partition coefficient (Wildman–Crippen LogP) is 4.51. The molecule has 0 radical (unpaired) electrons. The van der Waals surface area contributed by atoms with E-state index in [0.29, 0.717) is 24.8 Å². The Morgan fingerprint density at radius 3 is 2.26 bits per heavy atom. The Morgan fingerprint density at radius 1 is 0.794 bits per heavy atom. The fourth-order valence-electron chi connectivity index (χ4n) is 5.70. The topological polar surface area (TPSA) is 79.3 Å². The molecule has 3 amide bonds. The molecule has 2 N–H and O–H groups in total. The summed E-state index contributed by atoms with van der Waals surface area (Å²) in [5.41, 5.74) is 2.71. The Balaban J connectivity index is 1.22. The second kappa shape index (κ2) is 10.6. The van der Waals surface area contributed by atoms with E-state index in [9.17, 15) is 9.59 Å². The lowest BCUT2D eigenvalue weighted by atomic mass is 9.95. The van der Waals surface area contributed by atoms with Crippen LogP contribution in [0.4, 0.5) is 4.79 Å². The van der Waals surface area contributed by atoms with Crippen molar-refractivity contribution in [3.05, 3.63) is 41.7 Å². The van der Waals surface area contributed by atoms with Crippen molar-refractivity contribution in [3.63, 3.8) is 0 Å². The van der Waals surface area contributed by atoms with Gasteiger partial charge < -0.3 is 20.1 Å². The number of fused-ring (bicyclic) bond motifs is 1. The van der Waals surface area contributed by atoms with Gasteiger partial charge in [-0.05, 0) is 44.9 Å². The van der Waals surface area contributed by atoms with Gasteiger partial charge in [-0.15, -0.1) is 0 Å². The number of carbonyl (C=O) groups is 2. The number of nitrogens with one attached hydrogen (secondary N) is 2. The summed E-state index contributed by atoms with van der Waals surface area (Å²) in [5.74, 6) is 0.829. The molecule has 1 saturated heterocycles. The van der Waals surface area contributed by atoms with Gasteiger partial charge in [0.05, 0.1) is 5.69 Å². The Morgan fingerprint density at radius 2 is 1.50 bits per heavy atom. The molecule has 34 heavy (non-hydrogen) atoms. The third-order valence-electron chi connectivity index (χ3n) is 7.67. The van der Waals surface area contributed by atoms with Gasteiger partial charge in [-0.2, -0.15) is 0 Å². The summed E-state index contributed by atoms with van der Waals surface area (Å²) in [6, 6.07) is 10.6. The summed E-state index contributed by atoms with van der Waals surface area (Å²) in [5, 5.41) is 6.45. The van der Waals surface area contributed by atoms with Crippen LogP contribution in [0, 0.1) is 0 Å². The van der Waals surface area contributed by atoms with Crippen molar-refractivity contribution in [2.75, 3.05) is 13.1 Å². The zero-order valence-electron chi connectivity index (χ0n) is 20.1.